The zero-order valence-electron chi connectivity index (χ0n) is 10.5. The van der Waals surface area contributed by atoms with Crippen LogP contribution in [0.1, 0.15) is 12.5 Å². The van der Waals surface area contributed by atoms with Gasteiger partial charge in [0.25, 0.3) is 5.91 Å². The molecular formula is C12H9F2N5O2. The van der Waals surface area contributed by atoms with Crippen LogP contribution in [0.25, 0.3) is 0 Å². The van der Waals surface area contributed by atoms with E-state index >= 15 is 0 Å². The normalized spacial score (nSPS) is 16.5. The molecule has 0 radical (unpaired) electrons. The number of fused-ring (bicyclic) bond motifs is 1. The van der Waals surface area contributed by atoms with Gasteiger partial charge in [0.05, 0.1) is 6.42 Å². The van der Waals surface area contributed by atoms with E-state index in [0.29, 0.717) is 0 Å². The standard InChI is InChI=1S/C12H9F2N5O2/c13-7-2-1-6(3-8(7)14)17-10(20)4-9-11(21)18-12-15-5-16-19(9)12/h1-3,5,9H,4H2,(H,17,20)(H,15,16,18,21). The highest BCUT2D eigenvalue weighted by Crippen LogP contribution is 2.24. The smallest absolute Gasteiger partial charge is 0.252 e. The number of hydrogen-bond donors (Lipinski definition) is 2. The van der Waals surface area contributed by atoms with E-state index in [1.54, 1.807) is 0 Å². The molecule has 0 saturated heterocycles. The summed E-state index contributed by atoms with van der Waals surface area (Å²) in [6.07, 6.45) is 1.07. The molecule has 3 rings (SSSR count). The molecule has 2 N–H and O–H groups in total. The Morgan fingerprint density at radius 3 is 2.95 bits per heavy atom. The van der Waals surface area contributed by atoms with Gasteiger partial charge in [0.1, 0.15) is 12.4 Å². The maximum Gasteiger partial charge on any atom is 0.252 e. The molecule has 9 heteroatoms. The molecule has 21 heavy (non-hydrogen) atoms. The van der Waals surface area contributed by atoms with Gasteiger partial charge in [-0.05, 0) is 12.1 Å². The molecule has 0 aliphatic carbocycles. The molecule has 2 aromatic rings. The summed E-state index contributed by atoms with van der Waals surface area (Å²) >= 11 is 0. The number of rotatable bonds is 3. The Kier molecular flexibility index (Phi) is 3.09. The molecule has 1 atom stereocenters. The summed E-state index contributed by atoms with van der Waals surface area (Å²) < 4.78 is 27.1. The molecule has 0 fully saturated rings. The van der Waals surface area contributed by atoms with Gasteiger partial charge in [0.2, 0.25) is 11.9 Å². The first-order valence-electron chi connectivity index (χ1n) is 6.00. The number of amides is 2. The number of hydrogen-bond acceptors (Lipinski definition) is 4. The Balaban J connectivity index is 1.70. The third kappa shape index (κ3) is 2.45. The fourth-order valence-electron chi connectivity index (χ4n) is 2.01. The summed E-state index contributed by atoms with van der Waals surface area (Å²) in [6.45, 7) is 0. The monoisotopic (exact) mass is 293 g/mol. The minimum absolute atomic E-state index is 0.108. The molecule has 0 bridgehead atoms. The quantitative estimate of drug-likeness (QED) is 0.886. The van der Waals surface area contributed by atoms with Gasteiger partial charge in [-0.2, -0.15) is 10.1 Å². The Morgan fingerprint density at radius 2 is 2.19 bits per heavy atom. The van der Waals surface area contributed by atoms with Crippen LogP contribution in [-0.4, -0.2) is 26.6 Å². The Labute approximate surface area is 117 Å². The van der Waals surface area contributed by atoms with Gasteiger partial charge < -0.3 is 5.32 Å². The summed E-state index contributed by atoms with van der Waals surface area (Å²) in [7, 11) is 0. The van der Waals surface area contributed by atoms with Crippen molar-refractivity contribution in [3.8, 4) is 0 Å². The summed E-state index contributed by atoms with van der Waals surface area (Å²) in [5.41, 5.74) is 0.108. The number of aromatic nitrogens is 3. The van der Waals surface area contributed by atoms with Crippen LogP contribution in [0.15, 0.2) is 24.5 Å². The van der Waals surface area contributed by atoms with Crippen molar-refractivity contribution in [2.45, 2.75) is 12.5 Å². The van der Waals surface area contributed by atoms with Crippen LogP contribution in [0, 0.1) is 11.6 Å². The molecule has 108 valence electrons. The Hall–Kier alpha value is -2.84. The highest BCUT2D eigenvalue weighted by Gasteiger charge is 2.33. The second-order valence-corrected chi connectivity index (χ2v) is 4.41. The second-order valence-electron chi connectivity index (χ2n) is 4.41. The predicted octanol–water partition coefficient (Wildman–Crippen LogP) is 1.08. The van der Waals surface area contributed by atoms with Crippen LogP contribution in [0.2, 0.25) is 0 Å². The van der Waals surface area contributed by atoms with Crippen molar-refractivity contribution < 1.29 is 18.4 Å². The summed E-state index contributed by atoms with van der Waals surface area (Å²) in [5, 5.41) is 8.71. The predicted molar refractivity (Wildman–Crippen MR) is 67.3 cm³/mol. The molecule has 0 spiro atoms. The molecule has 7 nitrogen and oxygen atoms in total. The van der Waals surface area contributed by atoms with Gasteiger partial charge in [-0.3, -0.25) is 14.9 Å². The minimum Gasteiger partial charge on any atom is -0.326 e. The Bertz CT molecular complexity index is 730. The molecule has 2 heterocycles. The lowest BCUT2D eigenvalue weighted by Crippen LogP contribution is -2.23. The van der Waals surface area contributed by atoms with Gasteiger partial charge in [-0.25, -0.2) is 13.5 Å². The van der Waals surface area contributed by atoms with Gasteiger partial charge in [-0.1, -0.05) is 0 Å². The number of halogens is 2. The van der Waals surface area contributed by atoms with Crippen molar-refractivity contribution in [2.24, 2.45) is 0 Å². The van der Waals surface area contributed by atoms with Crippen LogP contribution in [0.3, 0.4) is 0 Å². The molecule has 0 saturated carbocycles. The van der Waals surface area contributed by atoms with Crippen LogP contribution < -0.4 is 10.6 Å². The summed E-state index contributed by atoms with van der Waals surface area (Å²) in [4.78, 5) is 27.4. The first-order chi connectivity index (χ1) is 10.0. The van der Waals surface area contributed by atoms with E-state index in [1.807, 2.05) is 0 Å². The number of benzene rings is 1. The zero-order chi connectivity index (χ0) is 15.0. The number of nitrogens with zero attached hydrogens (tertiary/aromatic N) is 3. The van der Waals surface area contributed by atoms with E-state index in [9.17, 15) is 18.4 Å². The highest BCUT2D eigenvalue weighted by atomic mass is 19.2. The summed E-state index contributed by atoms with van der Waals surface area (Å²) in [6, 6.07) is 2.19. The second kappa shape index (κ2) is 4.93. The first-order valence-corrected chi connectivity index (χ1v) is 6.00. The molecule has 1 aliphatic rings. The number of carbonyl (C=O) groups is 2. The molecular weight excluding hydrogens is 284 g/mol. The fourth-order valence-corrected chi connectivity index (χ4v) is 2.01. The first kappa shape index (κ1) is 13.2. The minimum atomic E-state index is -1.06. The van der Waals surface area contributed by atoms with Crippen molar-refractivity contribution in [2.75, 3.05) is 10.6 Å². The molecule has 2 amide bonds. The molecule has 1 aromatic heterocycles. The summed E-state index contributed by atoms with van der Waals surface area (Å²) in [5.74, 6) is -2.72. The van der Waals surface area contributed by atoms with Gasteiger partial charge in [0.15, 0.2) is 11.6 Å². The largest absolute Gasteiger partial charge is 0.326 e. The van der Waals surface area contributed by atoms with Gasteiger partial charge in [-0.15, -0.1) is 0 Å². The van der Waals surface area contributed by atoms with E-state index in [1.165, 1.54) is 17.1 Å². The van der Waals surface area contributed by atoms with Crippen molar-refractivity contribution in [3.63, 3.8) is 0 Å². The average molecular weight is 293 g/mol. The van der Waals surface area contributed by atoms with Crippen molar-refractivity contribution in [3.05, 3.63) is 36.2 Å². The lowest BCUT2D eigenvalue weighted by molar-refractivity contribution is -0.123. The van der Waals surface area contributed by atoms with Crippen molar-refractivity contribution >= 4 is 23.5 Å². The van der Waals surface area contributed by atoms with E-state index < -0.39 is 29.5 Å². The van der Waals surface area contributed by atoms with Crippen molar-refractivity contribution in [1.82, 2.24) is 14.8 Å². The molecule has 1 aromatic carbocycles. The van der Waals surface area contributed by atoms with Gasteiger partial charge >= 0.3 is 0 Å². The van der Waals surface area contributed by atoms with E-state index in [-0.39, 0.29) is 18.1 Å². The van der Waals surface area contributed by atoms with Crippen molar-refractivity contribution in [1.29, 1.82) is 0 Å². The third-order valence-corrected chi connectivity index (χ3v) is 2.99. The number of anilines is 2. The SMILES string of the molecule is O=C(CC1C(=O)Nc2ncnn21)Nc1ccc(F)c(F)c1. The van der Waals surface area contributed by atoms with E-state index in [2.05, 4.69) is 20.7 Å². The van der Waals surface area contributed by atoms with Crippen LogP contribution >= 0.6 is 0 Å². The maximum absolute atomic E-state index is 13.0. The zero-order valence-corrected chi connectivity index (χ0v) is 10.5. The van der Waals surface area contributed by atoms with Crippen LogP contribution in [0.5, 0.6) is 0 Å². The molecule has 1 unspecified atom stereocenters. The topological polar surface area (TPSA) is 88.9 Å². The average Bonchev–Trinajstić information content (AvgIpc) is 2.97. The number of nitrogens with one attached hydrogen (secondary N) is 2. The lowest BCUT2D eigenvalue weighted by atomic mass is 10.2. The Morgan fingerprint density at radius 1 is 1.38 bits per heavy atom. The third-order valence-electron chi connectivity index (χ3n) is 2.99. The van der Waals surface area contributed by atoms with E-state index in [0.717, 1.165) is 12.1 Å². The van der Waals surface area contributed by atoms with Crippen LogP contribution in [0.4, 0.5) is 20.4 Å². The number of carbonyl (C=O) groups excluding carboxylic acids is 2. The lowest BCUT2D eigenvalue weighted by Gasteiger charge is -2.09. The molecule has 1 aliphatic heterocycles. The van der Waals surface area contributed by atoms with Crippen LogP contribution in [-0.2, 0) is 9.59 Å². The maximum atomic E-state index is 13.0. The van der Waals surface area contributed by atoms with Gasteiger partial charge in [0, 0.05) is 11.8 Å². The fraction of sp³-hybridized carbons (Fsp3) is 0.167. The highest BCUT2D eigenvalue weighted by molar-refractivity contribution is 6.00. The van der Waals surface area contributed by atoms with E-state index in [4.69, 9.17) is 0 Å².